The molecule has 0 unspecified atom stereocenters. The van der Waals surface area contributed by atoms with Gasteiger partial charge < -0.3 is 19.0 Å². The van der Waals surface area contributed by atoms with Gasteiger partial charge >= 0.3 is 5.97 Å². The topological polar surface area (TPSA) is 80.1 Å². The molecule has 7 heteroatoms. The van der Waals surface area contributed by atoms with Crippen LogP contribution in [0.3, 0.4) is 0 Å². The molecule has 2 aromatic rings. The largest absolute Gasteiger partial charge is 0.467 e. The standard InChI is InChI=1S/C23H28N2O5/c1-3-14-24(21(26)12-13-23(28)29-4-2)18-22(27)25(17-20-11-8-15-30-20)16-19-9-6-5-7-10-19/h3,5-11,15H,1,4,12-14,16-18H2,2H3. The highest BCUT2D eigenvalue weighted by molar-refractivity contribution is 5.86. The van der Waals surface area contributed by atoms with Crippen molar-refractivity contribution in [2.24, 2.45) is 0 Å². The molecule has 0 radical (unpaired) electrons. The fraction of sp³-hybridized carbons (Fsp3) is 0.348. The van der Waals surface area contributed by atoms with Gasteiger partial charge in [0.05, 0.1) is 25.8 Å². The van der Waals surface area contributed by atoms with Gasteiger partial charge in [-0.25, -0.2) is 0 Å². The zero-order valence-corrected chi connectivity index (χ0v) is 17.3. The fourth-order valence-corrected chi connectivity index (χ4v) is 2.90. The Morgan fingerprint density at radius 2 is 1.77 bits per heavy atom. The maximum Gasteiger partial charge on any atom is 0.306 e. The van der Waals surface area contributed by atoms with Gasteiger partial charge in [0.2, 0.25) is 11.8 Å². The molecule has 1 aromatic heterocycles. The molecule has 1 aromatic carbocycles. The Labute approximate surface area is 176 Å². The molecule has 0 atom stereocenters. The molecule has 2 amide bonds. The SMILES string of the molecule is C=CCN(CC(=O)N(Cc1ccccc1)Cc1ccco1)C(=O)CCC(=O)OCC. The van der Waals surface area contributed by atoms with Crippen LogP contribution in [0.2, 0.25) is 0 Å². The summed E-state index contributed by atoms with van der Waals surface area (Å²) in [6.07, 6.45) is 3.08. The van der Waals surface area contributed by atoms with Crippen LogP contribution in [0.4, 0.5) is 0 Å². The molecule has 0 aliphatic heterocycles. The first-order valence-corrected chi connectivity index (χ1v) is 9.91. The summed E-state index contributed by atoms with van der Waals surface area (Å²) in [6.45, 7) is 6.43. The van der Waals surface area contributed by atoms with E-state index in [0.717, 1.165) is 5.56 Å². The molecule has 0 spiro atoms. The molecule has 0 bridgehead atoms. The molecular formula is C23H28N2O5. The number of esters is 1. The van der Waals surface area contributed by atoms with Gasteiger partial charge in [0, 0.05) is 19.5 Å². The Kier molecular flexibility index (Phi) is 9.37. The van der Waals surface area contributed by atoms with Crippen LogP contribution >= 0.6 is 0 Å². The zero-order chi connectivity index (χ0) is 21.8. The molecular weight excluding hydrogens is 384 g/mol. The molecule has 0 N–H and O–H groups in total. The van der Waals surface area contributed by atoms with Crippen molar-refractivity contribution < 1.29 is 23.5 Å². The van der Waals surface area contributed by atoms with Gasteiger partial charge in [-0.05, 0) is 24.6 Å². The Hall–Kier alpha value is -3.35. The summed E-state index contributed by atoms with van der Waals surface area (Å²) >= 11 is 0. The van der Waals surface area contributed by atoms with Crippen LogP contribution in [0.5, 0.6) is 0 Å². The van der Waals surface area contributed by atoms with Gasteiger partial charge in [0.15, 0.2) is 0 Å². The number of carbonyl (C=O) groups is 3. The fourth-order valence-electron chi connectivity index (χ4n) is 2.90. The third-order valence-electron chi connectivity index (χ3n) is 4.37. The Morgan fingerprint density at radius 3 is 2.40 bits per heavy atom. The van der Waals surface area contributed by atoms with E-state index in [2.05, 4.69) is 6.58 Å². The van der Waals surface area contributed by atoms with E-state index < -0.39 is 5.97 Å². The van der Waals surface area contributed by atoms with E-state index in [4.69, 9.17) is 9.15 Å². The molecule has 2 rings (SSSR count). The summed E-state index contributed by atoms with van der Waals surface area (Å²) in [7, 11) is 0. The van der Waals surface area contributed by atoms with Gasteiger partial charge in [-0.2, -0.15) is 0 Å². The van der Waals surface area contributed by atoms with Gasteiger partial charge in [0.25, 0.3) is 0 Å². The normalized spacial score (nSPS) is 10.3. The van der Waals surface area contributed by atoms with Crippen molar-refractivity contribution in [3.8, 4) is 0 Å². The van der Waals surface area contributed by atoms with E-state index >= 15 is 0 Å². The minimum atomic E-state index is -0.431. The van der Waals surface area contributed by atoms with E-state index in [1.807, 2.05) is 30.3 Å². The van der Waals surface area contributed by atoms with E-state index in [1.165, 1.54) is 4.90 Å². The average Bonchev–Trinajstić information content (AvgIpc) is 3.25. The minimum Gasteiger partial charge on any atom is -0.467 e. The quantitative estimate of drug-likeness (QED) is 0.395. The second-order valence-corrected chi connectivity index (χ2v) is 6.68. The molecule has 30 heavy (non-hydrogen) atoms. The van der Waals surface area contributed by atoms with E-state index in [-0.39, 0.29) is 44.4 Å². The van der Waals surface area contributed by atoms with Crippen LogP contribution in [0.15, 0.2) is 65.8 Å². The summed E-state index contributed by atoms with van der Waals surface area (Å²) in [6, 6.07) is 13.2. The first-order chi connectivity index (χ1) is 14.5. The maximum atomic E-state index is 13.1. The van der Waals surface area contributed by atoms with E-state index in [0.29, 0.717) is 18.8 Å². The highest BCUT2D eigenvalue weighted by Crippen LogP contribution is 2.12. The summed E-state index contributed by atoms with van der Waals surface area (Å²) in [5.74, 6) is -0.294. The molecule has 0 aliphatic carbocycles. The lowest BCUT2D eigenvalue weighted by Crippen LogP contribution is -2.42. The Morgan fingerprint density at radius 1 is 1.00 bits per heavy atom. The lowest BCUT2D eigenvalue weighted by Gasteiger charge is -2.27. The molecule has 1 heterocycles. The van der Waals surface area contributed by atoms with Crippen LogP contribution in [0.1, 0.15) is 31.1 Å². The number of amides is 2. The third-order valence-corrected chi connectivity index (χ3v) is 4.37. The number of rotatable bonds is 12. The van der Waals surface area contributed by atoms with Crippen molar-refractivity contribution >= 4 is 17.8 Å². The van der Waals surface area contributed by atoms with Crippen LogP contribution in [0, 0.1) is 0 Å². The predicted molar refractivity (Wildman–Crippen MR) is 112 cm³/mol. The molecule has 160 valence electrons. The number of hydrogen-bond donors (Lipinski definition) is 0. The van der Waals surface area contributed by atoms with Gasteiger partial charge in [-0.15, -0.1) is 6.58 Å². The lowest BCUT2D eigenvalue weighted by molar-refractivity contribution is -0.146. The predicted octanol–water partition coefficient (Wildman–Crippen LogP) is 3.17. The van der Waals surface area contributed by atoms with Crippen LogP contribution in [-0.4, -0.2) is 47.3 Å². The van der Waals surface area contributed by atoms with Crippen molar-refractivity contribution in [3.63, 3.8) is 0 Å². The third kappa shape index (κ3) is 7.58. The van der Waals surface area contributed by atoms with Crippen molar-refractivity contribution in [2.75, 3.05) is 19.7 Å². The van der Waals surface area contributed by atoms with Crippen LogP contribution in [0.25, 0.3) is 0 Å². The molecule has 0 saturated carbocycles. The number of nitrogens with zero attached hydrogens (tertiary/aromatic N) is 2. The maximum absolute atomic E-state index is 13.1. The van der Waals surface area contributed by atoms with Crippen molar-refractivity contribution in [2.45, 2.75) is 32.9 Å². The number of furan rings is 1. The smallest absolute Gasteiger partial charge is 0.306 e. The zero-order valence-electron chi connectivity index (χ0n) is 17.3. The number of benzene rings is 1. The van der Waals surface area contributed by atoms with E-state index in [1.54, 1.807) is 36.3 Å². The molecule has 0 aliphatic rings. The summed E-state index contributed by atoms with van der Waals surface area (Å²) < 4.78 is 10.3. The van der Waals surface area contributed by atoms with Gasteiger partial charge in [0.1, 0.15) is 12.3 Å². The second-order valence-electron chi connectivity index (χ2n) is 6.68. The second kappa shape index (κ2) is 12.3. The molecule has 0 saturated heterocycles. The van der Waals surface area contributed by atoms with Gasteiger partial charge in [-0.1, -0.05) is 36.4 Å². The monoisotopic (exact) mass is 412 g/mol. The summed E-state index contributed by atoms with van der Waals surface area (Å²) in [5.41, 5.74) is 0.973. The van der Waals surface area contributed by atoms with Crippen molar-refractivity contribution in [3.05, 3.63) is 72.7 Å². The van der Waals surface area contributed by atoms with Gasteiger partial charge in [-0.3, -0.25) is 14.4 Å². The van der Waals surface area contributed by atoms with Crippen LogP contribution in [-0.2, 0) is 32.2 Å². The number of carbonyl (C=O) groups excluding carboxylic acids is 3. The highest BCUT2D eigenvalue weighted by Gasteiger charge is 2.22. The summed E-state index contributed by atoms with van der Waals surface area (Å²) in [5, 5.41) is 0. The van der Waals surface area contributed by atoms with Crippen LogP contribution < -0.4 is 0 Å². The number of hydrogen-bond acceptors (Lipinski definition) is 5. The molecule has 0 fully saturated rings. The minimum absolute atomic E-state index is 0.0170. The lowest BCUT2D eigenvalue weighted by atomic mass is 10.2. The Balaban J connectivity index is 2.06. The summed E-state index contributed by atoms with van der Waals surface area (Å²) in [4.78, 5) is 40.2. The average molecular weight is 412 g/mol. The van der Waals surface area contributed by atoms with Crippen molar-refractivity contribution in [1.29, 1.82) is 0 Å². The first kappa shape index (κ1) is 22.9. The molecule has 7 nitrogen and oxygen atoms in total. The number of ether oxygens (including phenoxy) is 1. The van der Waals surface area contributed by atoms with E-state index in [9.17, 15) is 14.4 Å². The first-order valence-electron chi connectivity index (χ1n) is 9.91. The van der Waals surface area contributed by atoms with Crippen molar-refractivity contribution in [1.82, 2.24) is 9.80 Å². The highest BCUT2D eigenvalue weighted by atomic mass is 16.5. The Bertz CT molecular complexity index is 817.